The van der Waals surface area contributed by atoms with Crippen molar-refractivity contribution in [2.45, 2.75) is 12.5 Å². The highest BCUT2D eigenvalue weighted by molar-refractivity contribution is 6.06. The van der Waals surface area contributed by atoms with E-state index in [9.17, 15) is 14.4 Å². The predicted molar refractivity (Wildman–Crippen MR) is 107 cm³/mol. The Labute approximate surface area is 169 Å². The Kier molecular flexibility index (Phi) is 5.98. The van der Waals surface area contributed by atoms with Crippen LogP contribution in [0.15, 0.2) is 47.1 Å². The van der Waals surface area contributed by atoms with E-state index in [1.807, 2.05) is 36.4 Å². The van der Waals surface area contributed by atoms with Gasteiger partial charge in [-0.2, -0.15) is 0 Å². The Bertz CT molecular complexity index is 956. The molecule has 29 heavy (non-hydrogen) atoms. The highest BCUT2D eigenvalue weighted by Gasteiger charge is 2.39. The lowest BCUT2D eigenvalue weighted by molar-refractivity contribution is -0.148. The molecule has 0 spiro atoms. The van der Waals surface area contributed by atoms with Crippen molar-refractivity contribution in [2.24, 2.45) is 0 Å². The molecule has 0 radical (unpaired) electrons. The summed E-state index contributed by atoms with van der Waals surface area (Å²) in [4.78, 5) is 39.5. The van der Waals surface area contributed by atoms with Gasteiger partial charge in [-0.1, -0.05) is 30.3 Å². The van der Waals surface area contributed by atoms with Gasteiger partial charge >= 0.3 is 17.9 Å². The molecule has 7 nitrogen and oxygen atoms in total. The maximum absolute atomic E-state index is 12.7. The van der Waals surface area contributed by atoms with Gasteiger partial charge in [-0.3, -0.25) is 4.90 Å². The Hall–Kier alpha value is -3.19. The summed E-state index contributed by atoms with van der Waals surface area (Å²) < 4.78 is 14.8. The lowest BCUT2D eigenvalue weighted by Crippen LogP contribution is -2.44. The van der Waals surface area contributed by atoms with Crippen LogP contribution >= 0.6 is 0 Å². The SMILES string of the molecule is COC(=O)/C1=C(\C(=O)OC)C(C(=O)OC)N(C)CC2=Cc3ccccc3/C2=C/C1. The maximum atomic E-state index is 12.7. The van der Waals surface area contributed by atoms with Gasteiger partial charge in [0.15, 0.2) is 0 Å². The first-order chi connectivity index (χ1) is 13.9. The second kappa shape index (κ2) is 8.45. The highest BCUT2D eigenvalue weighted by atomic mass is 16.5. The van der Waals surface area contributed by atoms with E-state index in [2.05, 4.69) is 0 Å². The number of carbonyl (C=O) groups excluding carboxylic acids is 3. The van der Waals surface area contributed by atoms with Crippen LogP contribution in [0, 0.1) is 0 Å². The van der Waals surface area contributed by atoms with Crippen LogP contribution in [-0.4, -0.2) is 63.8 Å². The van der Waals surface area contributed by atoms with Crippen LogP contribution in [0.4, 0.5) is 0 Å². The van der Waals surface area contributed by atoms with E-state index in [1.54, 1.807) is 11.9 Å². The summed E-state index contributed by atoms with van der Waals surface area (Å²) in [6.45, 7) is 0.370. The molecular weight excluding hydrogens is 374 g/mol. The van der Waals surface area contributed by atoms with E-state index in [0.717, 1.165) is 22.3 Å². The zero-order valence-electron chi connectivity index (χ0n) is 16.9. The molecule has 0 amide bonds. The van der Waals surface area contributed by atoms with Gasteiger partial charge in [0.1, 0.15) is 6.04 Å². The Morgan fingerprint density at radius 3 is 2.34 bits per heavy atom. The second-order valence-electron chi connectivity index (χ2n) is 6.79. The van der Waals surface area contributed by atoms with Crippen molar-refractivity contribution in [3.05, 3.63) is 58.2 Å². The monoisotopic (exact) mass is 397 g/mol. The predicted octanol–water partition coefficient (Wildman–Crippen LogP) is 1.99. The number of hydrogen-bond donors (Lipinski definition) is 0. The number of hydrogen-bond acceptors (Lipinski definition) is 7. The van der Waals surface area contributed by atoms with Crippen LogP contribution < -0.4 is 0 Å². The highest BCUT2D eigenvalue weighted by Crippen LogP contribution is 2.38. The quantitative estimate of drug-likeness (QED) is 0.570. The number of esters is 3. The van der Waals surface area contributed by atoms with Gasteiger partial charge in [-0.25, -0.2) is 14.4 Å². The lowest BCUT2D eigenvalue weighted by Gasteiger charge is -2.28. The molecule has 1 atom stereocenters. The first kappa shape index (κ1) is 20.5. The van der Waals surface area contributed by atoms with Crippen LogP contribution in [0.1, 0.15) is 17.5 Å². The Morgan fingerprint density at radius 1 is 1.00 bits per heavy atom. The molecule has 0 bridgehead atoms. The lowest BCUT2D eigenvalue weighted by atomic mass is 9.96. The molecule has 1 aliphatic carbocycles. The van der Waals surface area contributed by atoms with Crippen molar-refractivity contribution in [1.82, 2.24) is 4.90 Å². The molecular formula is C22H23NO6. The number of rotatable bonds is 3. The maximum Gasteiger partial charge on any atom is 0.336 e. The van der Waals surface area contributed by atoms with E-state index < -0.39 is 23.9 Å². The fourth-order valence-electron chi connectivity index (χ4n) is 3.81. The van der Waals surface area contributed by atoms with Crippen LogP contribution in [0.3, 0.4) is 0 Å². The van der Waals surface area contributed by atoms with Crippen LogP contribution in [-0.2, 0) is 28.6 Å². The van der Waals surface area contributed by atoms with Gasteiger partial charge in [-0.15, -0.1) is 0 Å². The van der Waals surface area contributed by atoms with Crippen molar-refractivity contribution < 1.29 is 28.6 Å². The summed E-state index contributed by atoms with van der Waals surface area (Å²) in [5.41, 5.74) is 4.05. The zero-order valence-corrected chi connectivity index (χ0v) is 16.9. The molecule has 1 heterocycles. The van der Waals surface area contributed by atoms with Gasteiger partial charge in [0.05, 0.1) is 32.5 Å². The molecule has 1 unspecified atom stereocenters. The first-order valence-electron chi connectivity index (χ1n) is 9.11. The van der Waals surface area contributed by atoms with E-state index in [4.69, 9.17) is 14.2 Å². The molecule has 3 rings (SSSR count). The average molecular weight is 397 g/mol. The number of fused-ring (bicyclic) bond motifs is 3. The molecule has 0 fully saturated rings. The van der Waals surface area contributed by atoms with Crippen LogP contribution in [0.5, 0.6) is 0 Å². The van der Waals surface area contributed by atoms with Crippen molar-refractivity contribution >= 4 is 29.6 Å². The van der Waals surface area contributed by atoms with E-state index in [0.29, 0.717) is 6.54 Å². The van der Waals surface area contributed by atoms with E-state index in [1.165, 1.54) is 21.3 Å². The van der Waals surface area contributed by atoms with E-state index in [-0.39, 0.29) is 17.6 Å². The van der Waals surface area contributed by atoms with Crippen LogP contribution in [0.2, 0.25) is 0 Å². The molecule has 1 aromatic carbocycles. The number of carbonyl (C=O) groups is 3. The third-order valence-corrected chi connectivity index (χ3v) is 5.16. The minimum absolute atomic E-state index is 0.0692. The molecule has 0 N–H and O–H groups in total. The number of methoxy groups -OCH3 is 3. The molecule has 152 valence electrons. The fourth-order valence-corrected chi connectivity index (χ4v) is 3.81. The normalized spacial score (nSPS) is 23.2. The summed E-state index contributed by atoms with van der Waals surface area (Å²) in [5, 5.41) is 0. The smallest absolute Gasteiger partial charge is 0.336 e. The summed E-state index contributed by atoms with van der Waals surface area (Å²) in [7, 11) is 5.38. The molecule has 0 saturated carbocycles. The van der Waals surface area contributed by atoms with Crippen molar-refractivity contribution in [2.75, 3.05) is 34.9 Å². The molecule has 1 aromatic rings. The van der Waals surface area contributed by atoms with Gasteiger partial charge in [0.25, 0.3) is 0 Å². The number of ether oxygens (including phenoxy) is 3. The topological polar surface area (TPSA) is 82.1 Å². The Balaban J connectivity index is 2.23. The number of nitrogens with zero attached hydrogens (tertiary/aromatic N) is 1. The second-order valence-corrected chi connectivity index (χ2v) is 6.79. The van der Waals surface area contributed by atoms with Crippen molar-refractivity contribution in [3.8, 4) is 0 Å². The number of likely N-dealkylation sites (N-methyl/N-ethyl adjacent to an activating group) is 1. The van der Waals surface area contributed by atoms with Crippen molar-refractivity contribution in [1.29, 1.82) is 0 Å². The van der Waals surface area contributed by atoms with Gasteiger partial charge in [0.2, 0.25) is 0 Å². The molecule has 0 aromatic heterocycles. The summed E-state index contributed by atoms with van der Waals surface area (Å²) in [5.74, 6) is -2.12. The largest absolute Gasteiger partial charge is 0.468 e. The van der Waals surface area contributed by atoms with E-state index >= 15 is 0 Å². The minimum Gasteiger partial charge on any atom is -0.468 e. The van der Waals surface area contributed by atoms with Gasteiger partial charge < -0.3 is 14.2 Å². The first-order valence-corrected chi connectivity index (χ1v) is 9.11. The van der Waals surface area contributed by atoms with Gasteiger partial charge in [-0.05, 0) is 41.8 Å². The van der Waals surface area contributed by atoms with Crippen molar-refractivity contribution in [3.63, 3.8) is 0 Å². The number of benzene rings is 1. The zero-order chi connectivity index (χ0) is 21.1. The number of allylic oxidation sites excluding steroid dienone is 1. The molecule has 1 aliphatic heterocycles. The third kappa shape index (κ3) is 3.73. The fraction of sp³-hybridized carbons (Fsp3) is 0.318. The molecule has 0 saturated heterocycles. The summed E-state index contributed by atoms with van der Waals surface area (Å²) in [6, 6.07) is 6.80. The summed E-state index contributed by atoms with van der Waals surface area (Å²) >= 11 is 0. The average Bonchev–Trinajstić information content (AvgIpc) is 3.09. The standard InChI is InChI=1S/C22H23NO6/c1-23-12-14-11-13-7-5-6-8-15(13)16(14)9-10-17(20(24)27-2)18(21(25)28-3)19(23)22(26)29-4/h5-9,11,19H,10,12H2,1-4H3/b16-9+,18-17-. The third-order valence-electron chi connectivity index (χ3n) is 5.16. The van der Waals surface area contributed by atoms with Crippen LogP contribution in [0.25, 0.3) is 11.6 Å². The molecule has 7 heteroatoms. The minimum atomic E-state index is -1.11. The van der Waals surface area contributed by atoms with Gasteiger partial charge in [0, 0.05) is 6.54 Å². The molecule has 2 aliphatic rings. The Morgan fingerprint density at radius 2 is 1.69 bits per heavy atom. The summed E-state index contributed by atoms with van der Waals surface area (Å²) in [6.07, 6.45) is 4.05.